The second kappa shape index (κ2) is 9.45. The Labute approximate surface area is 190 Å². The molecule has 2 heterocycles. The van der Waals surface area contributed by atoms with Gasteiger partial charge in [0.1, 0.15) is 6.54 Å². The van der Waals surface area contributed by atoms with E-state index < -0.39 is 15.7 Å². The Kier molecular flexibility index (Phi) is 6.66. The van der Waals surface area contributed by atoms with Gasteiger partial charge in [0.25, 0.3) is 10.0 Å². The zero-order valence-corrected chi connectivity index (χ0v) is 18.8. The molecule has 0 unspecified atom stereocenters. The van der Waals surface area contributed by atoms with Gasteiger partial charge in [-0.25, -0.2) is 13.2 Å². The Balaban J connectivity index is 1.60. The first kappa shape index (κ1) is 22.5. The summed E-state index contributed by atoms with van der Waals surface area (Å²) >= 11 is 5.95. The van der Waals surface area contributed by atoms with Crippen LogP contribution in [0.5, 0.6) is 0 Å². The number of ether oxygens (including phenoxy) is 1. The van der Waals surface area contributed by atoms with Gasteiger partial charge in [-0.05, 0) is 30.3 Å². The van der Waals surface area contributed by atoms with E-state index in [4.69, 9.17) is 16.3 Å². The van der Waals surface area contributed by atoms with E-state index in [-0.39, 0.29) is 27.9 Å². The van der Waals surface area contributed by atoms with Crippen molar-refractivity contribution in [2.75, 3.05) is 39.4 Å². The Morgan fingerprint density at radius 3 is 2.50 bits per heavy atom. The van der Waals surface area contributed by atoms with Crippen LogP contribution in [0.4, 0.5) is 0 Å². The molecular weight excluding hydrogens is 456 g/mol. The van der Waals surface area contributed by atoms with Crippen LogP contribution in [0, 0.1) is 0 Å². The van der Waals surface area contributed by atoms with Gasteiger partial charge in [-0.2, -0.15) is 3.97 Å². The SMILES string of the molecule is O=C(Cn1c(=O)n(S(=O)(=O)c2cccc(Cl)c2)c2ccccc21)NCCN1CCOCC1. The van der Waals surface area contributed by atoms with E-state index >= 15 is 0 Å². The highest BCUT2D eigenvalue weighted by atomic mass is 35.5. The highest BCUT2D eigenvalue weighted by Gasteiger charge is 2.26. The van der Waals surface area contributed by atoms with Crippen molar-refractivity contribution in [1.82, 2.24) is 18.8 Å². The van der Waals surface area contributed by atoms with E-state index in [1.165, 1.54) is 28.8 Å². The quantitative estimate of drug-likeness (QED) is 0.546. The van der Waals surface area contributed by atoms with Crippen LogP contribution in [0.2, 0.25) is 5.02 Å². The molecule has 2 aromatic carbocycles. The Morgan fingerprint density at radius 1 is 1.06 bits per heavy atom. The zero-order chi connectivity index (χ0) is 22.7. The molecule has 0 aliphatic carbocycles. The van der Waals surface area contributed by atoms with Crippen molar-refractivity contribution in [3.63, 3.8) is 0 Å². The first-order valence-electron chi connectivity index (χ1n) is 10.2. The molecule has 3 aromatic rings. The van der Waals surface area contributed by atoms with Gasteiger partial charge in [-0.1, -0.05) is 29.8 Å². The molecule has 1 N–H and O–H groups in total. The number of carbonyl (C=O) groups excluding carboxylic acids is 1. The third-order valence-electron chi connectivity index (χ3n) is 5.29. The number of carbonyl (C=O) groups is 1. The van der Waals surface area contributed by atoms with Crippen LogP contribution in [0.3, 0.4) is 0 Å². The molecule has 170 valence electrons. The van der Waals surface area contributed by atoms with E-state index in [1.807, 2.05) is 0 Å². The first-order valence-corrected chi connectivity index (χ1v) is 12.0. The van der Waals surface area contributed by atoms with Crippen molar-refractivity contribution in [2.45, 2.75) is 11.4 Å². The summed E-state index contributed by atoms with van der Waals surface area (Å²) in [6.45, 7) is 3.77. The summed E-state index contributed by atoms with van der Waals surface area (Å²) in [6.07, 6.45) is 0. The summed E-state index contributed by atoms with van der Waals surface area (Å²) in [5.74, 6) is -0.372. The molecule has 4 rings (SSSR count). The second-order valence-electron chi connectivity index (χ2n) is 7.39. The van der Waals surface area contributed by atoms with Crippen molar-refractivity contribution < 1.29 is 17.9 Å². The molecule has 0 bridgehead atoms. The number of nitrogens with one attached hydrogen (secondary N) is 1. The van der Waals surface area contributed by atoms with E-state index in [1.54, 1.807) is 24.3 Å². The van der Waals surface area contributed by atoms with Crippen molar-refractivity contribution in [2.24, 2.45) is 0 Å². The molecule has 1 fully saturated rings. The summed E-state index contributed by atoms with van der Waals surface area (Å²) in [4.78, 5) is 27.8. The number of amides is 1. The molecule has 1 saturated heterocycles. The lowest BCUT2D eigenvalue weighted by molar-refractivity contribution is -0.121. The molecule has 1 aliphatic rings. The zero-order valence-electron chi connectivity index (χ0n) is 17.2. The second-order valence-corrected chi connectivity index (χ2v) is 9.61. The average molecular weight is 479 g/mol. The number of nitrogens with zero attached hydrogens (tertiary/aromatic N) is 3. The Morgan fingerprint density at radius 2 is 1.78 bits per heavy atom. The number of halogens is 1. The predicted octanol–water partition coefficient (Wildman–Crippen LogP) is 1.14. The molecule has 0 saturated carbocycles. The van der Waals surface area contributed by atoms with Crippen LogP contribution >= 0.6 is 11.6 Å². The van der Waals surface area contributed by atoms with Gasteiger partial charge in [0.15, 0.2) is 0 Å². The van der Waals surface area contributed by atoms with Crippen molar-refractivity contribution >= 4 is 38.6 Å². The monoisotopic (exact) mass is 478 g/mol. The van der Waals surface area contributed by atoms with E-state index in [0.717, 1.165) is 17.1 Å². The van der Waals surface area contributed by atoms with Gasteiger partial charge >= 0.3 is 5.69 Å². The number of morpholine rings is 1. The molecule has 0 radical (unpaired) electrons. The topological polar surface area (TPSA) is 103 Å². The lowest BCUT2D eigenvalue weighted by Crippen LogP contribution is -2.42. The maximum absolute atomic E-state index is 13.2. The molecule has 0 atom stereocenters. The number of imidazole rings is 1. The maximum Gasteiger partial charge on any atom is 0.343 e. The van der Waals surface area contributed by atoms with Crippen LogP contribution in [0.1, 0.15) is 0 Å². The third-order valence-corrected chi connectivity index (χ3v) is 7.20. The Bertz CT molecular complexity index is 1300. The van der Waals surface area contributed by atoms with Crippen LogP contribution in [-0.4, -0.2) is 67.2 Å². The molecular formula is C21H23ClN4O5S. The number of benzene rings is 2. The number of hydrogen-bond acceptors (Lipinski definition) is 6. The average Bonchev–Trinajstić information content (AvgIpc) is 3.06. The van der Waals surface area contributed by atoms with Crippen molar-refractivity contribution in [1.29, 1.82) is 0 Å². The number of aromatic nitrogens is 2. The lowest BCUT2D eigenvalue weighted by Gasteiger charge is -2.26. The number of para-hydroxylation sites is 2. The minimum Gasteiger partial charge on any atom is -0.379 e. The summed E-state index contributed by atoms with van der Waals surface area (Å²) in [6, 6.07) is 12.2. The highest BCUT2D eigenvalue weighted by molar-refractivity contribution is 7.90. The van der Waals surface area contributed by atoms with Gasteiger partial charge in [-0.15, -0.1) is 0 Å². The number of rotatable bonds is 7. The van der Waals surface area contributed by atoms with Gasteiger partial charge < -0.3 is 10.1 Å². The summed E-state index contributed by atoms with van der Waals surface area (Å²) in [5, 5.41) is 3.04. The molecule has 1 aromatic heterocycles. The smallest absolute Gasteiger partial charge is 0.343 e. The molecule has 0 spiro atoms. The van der Waals surface area contributed by atoms with Crippen LogP contribution in [0.15, 0.2) is 58.2 Å². The van der Waals surface area contributed by atoms with Crippen LogP contribution in [0.25, 0.3) is 11.0 Å². The van der Waals surface area contributed by atoms with Gasteiger partial charge in [0.05, 0.1) is 29.1 Å². The van der Waals surface area contributed by atoms with Crippen LogP contribution in [-0.2, 0) is 26.1 Å². The minimum atomic E-state index is -4.22. The standard InChI is InChI=1S/C21H23ClN4O5S/c22-16-4-3-5-17(14-16)32(29,30)26-19-7-2-1-6-18(19)25(21(26)28)15-20(27)23-8-9-24-10-12-31-13-11-24/h1-7,14H,8-13,15H2,(H,23,27). The van der Waals surface area contributed by atoms with Crippen molar-refractivity contribution in [3.05, 3.63) is 64.0 Å². The highest BCUT2D eigenvalue weighted by Crippen LogP contribution is 2.21. The molecule has 11 heteroatoms. The first-order chi connectivity index (χ1) is 15.4. The number of fused-ring (bicyclic) bond motifs is 1. The summed E-state index contributed by atoms with van der Waals surface area (Å²) in [7, 11) is -4.22. The molecule has 1 aliphatic heterocycles. The molecule has 9 nitrogen and oxygen atoms in total. The molecule has 32 heavy (non-hydrogen) atoms. The minimum absolute atomic E-state index is 0.107. The van der Waals surface area contributed by atoms with Gasteiger partial charge in [0.2, 0.25) is 5.91 Å². The maximum atomic E-state index is 13.2. The van der Waals surface area contributed by atoms with Gasteiger partial charge in [0, 0.05) is 31.2 Å². The van der Waals surface area contributed by atoms with Gasteiger partial charge in [-0.3, -0.25) is 14.3 Å². The van der Waals surface area contributed by atoms with Crippen LogP contribution < -0.4 is 11.0 Å². The normalized spacial score (nSPS) is 15.2. The predicted molar refractivity (Wildman–Crippen MR) is 121 cm³/mol. The number of hydrogen-bond donors (Lipinski definition) is 1. The fourth-order valence-corrected chi connectivity index (χ4v) is 5.39. The molecule has 1 amide bonds. The van der Waals surface area contributed by atoms with Crippen molar-refractivity contribution in [3.8, 4) is 0 Å². The largest absolute Gasteiger partial charge is 0.379 e. The van der Waals surface area contributed by atoms with E-state index in [0.29, 0.717) is 31.8 Å². The summed E-state index contributed by atoms with van der Waals surface area (Å²) in [5.41, 5.74) is -0.264. The fraction of sp³-hybridized carbons (Fsp3) is 0.333. The Hall–Kier alpha value is -2.66. The van der Waals surface area contributed by atoms with E-state index in [9.17, 15) is 18.0 Å². The third kappa shape index (κ3) is 4.58. The van der Waals surface area contributed by atoms with E-state index in [2.05, 4.69) is 10.2 Å². The summed E-state index contributed by atoms with van der Waals surface area (Å²) < 4.78 is 33.7. The lowest BCUT2D eigenvalue weighted by atomic mass is 10.3. The fourth-order valence-electron chi connectivity index (χ4n) is 3.68.